The van der Waals surface area contributed by atoms with Gasteiger partial charge in [0, 0.05) is 12.0 Å². The van der Waals surface area contributed by atoms with E-state index in [1.54, 1.807) is 6.08 Å². The first-order valence-corrected chi connectivity index (χ1v) is 4.55. The Labute approximate surface area is 83.2 Å². The fraction of sp³-hybridized carbons (Fsp3) is 0.600. The Morgan fingerprint density at radius 1 is 1.36 bits per heavy atom. The number of rotatable bonds is 6. The topological polar surface area (TPSA) is 74.6 Å². The molecule has 0 saturated carbocycles. The average Bonchev–Trinajstić information content (AvgIpc) is 2.02. The number of carbonyl (C=O) groups is 2. The molecule has 0 amide bonds. The molecule has 0 aliphatic rings. The molecule has 2 N–H and O–H groups in total. The zero-order valence-electron chi connectivity index (χ0n) is 8.49. The zero-order chi connectivity index (χ0) is 11.1. The predicted octanol–water partition coefficient (Wildman–Crippen LogP) is 1.91. The Balaban J connectivity index is 3.78. The summed E-state index contributed by atoms with van der Waals surface area (Å²) in [4.78, 5) is 20.7. The second-order valence-corrected chi connectivity index (χ2v) is 3.47. The third kappa shape index (κ3) is 6.22. The second-order valence-electron chi connectivity index (χ2n) is 3.47. The molecule has 0 aromatic heterocycles. The minimum absolute atomic E-state index is 0.0883. The number of hydrogen-bond acceptors (Lipinski definition) is 2. The molecule has 0 fully saturated rings. The molecule has 0 saturated heterocycles. The van der Waals surface area contributed by atoms with Gasteiger partial charge >= 0.3 is 11.9 Å². The van der Waals surface area contributed by atoms with E-state index < -0.39 is 11.9 Å². The zero-order valence-corrected chi connectivity index (χ0v) is 8.49. The molecule has 4 heteroatoms. The largest absolute Gasteiger partial charge is 0.481 e. The molecule has 1 unspecified atom stereocenters. The first-order valence-electron chi connectivity index (χ1n) is 4.55. The van der Waals surface area contributed by atoms with Crippen molar-refractivity contribution >= 4 is 11.9 Å². The summed E-state index contributed by atoms with van der Waals surface area (Å²) in [5, 5.41) is 17.0. The highest BCUT2D eigenvalue weighted by atomic mass is 16.4. The van der Waals surface area contributed by atoms with Gasteiger partial charge in [0.15, 0.2) is 0 Å². The summed E-state index contributed by atoms with van der Waals surface area (Å²) in [6, 6.07) is 0. The van der Waals surface area contributed by atoms with Crippen LogP contribution in [0.25, 0.3) is 0 Å². The van der Waals surface area contributed by atoms with Crippen LogP contribution < -0.4 is 0 Å². The van der Waals surface area contributed by atoms with Gasteiger partial charge < -0.3 is 10.2 Å². The Kier molecular flexibility index (Phi) is 5.60. The lowest BCUT2D eigenvalue weighted by Crippen LogP contribution is -2.04. The Hall–Kier alpha value is -1.32. The van der Waals surface area contributed by atoms with Crippen molar-refractivity contribution in [2.75, 3.05) is 0 Å². The lowest BCUT2D eigenvalue weighted by Gasteiger charge is -2.05. The lowest BCUT2D eigenvalue weighted by molar-refractivity contribution is -0.138. The van der Waals surface area contributed by atoms with Crippen molar-refractivity contribution in [1.29, 1.82) is 0 Å². The highest BCUT2D eigenvalue weighted by molar-refractivity contribution is 5.85. The summed E-state index contributed by atoms with van der Waals surface area (Å²) in [6.07, 6.45) is 3.09. The van der Waals surface area contributed by atoms with Crippen LogP contribution in [0.5, 0.6) is 0 Å². The van der Waals surface area contributed by atoms with E-state index >= 15 is 0 Å². The van der Waals surface area contributed by atoms with Crippen LogP contribution in [-0.4, -0.2) is 22.2 Å². The average molecular weight is 200 g/mol. The molecule has 0 spiro atoms. The van der Waals surface area contributed by atoms with Crippen LogP contribution >= 0.6 is 0 Å². The van der Waals surface area contributed by atoms with Crippen LogP contribution in [0.15, 0.2) is 11.6 Å². The molecule has 0 aromatic carbocycles. The van der Waals surface area contributed by atoms with Gasteiger partial charge in [-0.3, -0.25) is 4.79 Å². The molecule has 80 valence electrons. The van der Waals surface area contributed by atoms with Gasteiger partial charge in [-0.1, -0.05) is 13.0 Å². The van der Waals surface area contributed by atoms with E-state index in [-0.39, 0.29) is 12.3 Å². The molecule has 14 heavy (non-hydrogen) atoms. The number of allylic oxidation sites excluding steroid dienone is 1. The molecule has 1 atom stereocenters. The summed E-state index contributed by atoms with van der Waals surface area (Å²) >= 11 is 0. The van der Waals surface area contributed by atoms with Gasteiger partial charge in [-0.2, -0.15) is 0 Å². The van der Waals surface area contributed by atoms with E-state index in [2.05, 4.69) is 0 Å². The van der Waals surface area contributed by atoms with Gasteiger partial charge in [-0.05, 0) is 25.7 Å². The van der Waals surface area contributed by atoms with Gasteiger partial charge in [0.05, 0.1) is 0 Å². The summed E-state index contributed by atoms with van der Waals surface area (Å²) in [5.74, 6) is -1.64. The SMILES string of the molecule is CC(=CCCC(C)CC(=O)O)C(=O)O. The minimum atomic E-state index is -0.920. The van der Waals surface area contributed by atoms with E-state index in [1.807, 2.05) is 6.92 Å². The van der Waals surface area contributed by atoms with Gasteiger partial charge in [0.2, 0.25) is 0 Å². The normalized spacial score (nSPS) is 13.7. The van der Waals surface area contributed by atoms with E-state index in [1.165, 1.54) is 6.92 Å². The van der Waals surface area contributed by atoms with Crippen molar-refractivity contribution in [2.45, 2.75) is 33.1 Å². The standard InChI is InChI=1S/C10H16O4/c1-7(6-9(11)12)4-3-5-8(2)10(13)14/h5,7H,3-4,6H2,1-2H3,(H,11,12)(H,13,14). The molecular weight excluding hydrogens is 184 g/mol. The van der Waals surface area contributed by atoms with Crippen molar-refractivity contribution in [1.82, 2.24) is 0 Å². The minimum Gasteiger partial charge on any atom is -0.481 e. The van der Waals surface area contributed by atoms with E-state index in [0.29, 0.717) is 18.4 Å². The molecule has 0 heterocycles. The summed E-state index contributed by atoms with van der Waals surface area (Å²) < 4.78 is 0. The van der Waals surface area contributed by atoms with Gasteiger partial charge in [-0.25, -0.2) is 4.79 Å². The van der Waals surface area contributed by atoms with Crippen molar-refractivity contribution in [2.24, 2.45) is 5.92 Å². The maximum atomic E-state index is 10.4. The Morgan fingerprint density at radius 3 is 2.36 bits per heavy atom. The monoisotopic (exact) mass is 200 g/mol. The summed E-state index contributed by atoms with van der Waals surface area (Å²) in [6.45, 7) is 3.38. The van der Waals surface area contributed by atoms with Crippen molar-refractivity contribution in [3.8, 4) is 0 Å². The van der Waals surface area contributed by atoms with Crippen LogP contribution in [0, 0.1) is 5.92 Å². The molecule has 0 aliphatic heterocycles. The highest BCUT2D eigenvalue weighted by Gasteiger charge is 2.06. The van der Waals surface area contributed by atoms with Gasteiger partial charge in [0.1, 0.15) is 0 Å². The number of aliphatic carboxylic acids is 2. The van der Waals surface area contributed by atoms with Crippen molar-refractivity contribution in [3.05, 3.63) is 11.6 Å². The summed E-state index contributed by atoms with van der Waals surface area (Å²) in [5.41, 5.74) is 0.313. The van der Waals surface area contributed by atoms with Crippen LogP contribution in [0.2, 0.25) is 0 Å². The smallest absolute Gasteiger partial charge is 0.330 e. The maximum absolute atomic E-state index is 10.4. The molecular formula is C10H16O4. The highest BCUT2D eigenvalue weighted by Crippen LogP contribution is 2.11. The number of hydrogen-bond donors (Lipinski definition) is 2. The first-order chi connectivity index (χ1) is 6.43. The molecule has 0 rings (SSSR count). The van der Waals surface area contributed by atoms with Gasteiger partial charge in [-0.15, -0.1) is 0 Å². The third-order valence-corrected chi connectivity index (χ3v) is 1.97. The fourth-order valence-corrected chi connectivity index (χ4v) is 1.07. The Bertz CT molecular complexity index is 243. The first kappa shape index (κ1) is 12.7. The van der Waals surface area contributed by atoms with Crippen LogP contribution in [0.1, 0.15) is 33.1 Å². The molecule has 0 aliphatic carbocycles. The fourth-order valence-electron chi connectivity index (χ4n) is 1.07. The third-order valence-electron chi connectivity index (χ3n) is 1.97. The van der Waals surface area contributed by atoms with Crippen LogP contribution in [0.4, 0.5) is 0 Å². The van der Waals surface area contributed by atoms with Crippen molar-refractivity contribution < 1.29 is 19.8 Å². The number of carboxylic acid groups (broad SMARTS) is 2. The number of carboxylic acids is 2. The van der Waals surface area contributed by atoms with Crippen LogP contribution in [-0.2, 0) is 9.59 Å². The van der Waals surface area contributed by atoms with Crippen LogP contribution in [0.3, 0.4) is 0 Å². The second kappa shape index (κ2) is 6.18. The summed E-state index contributed by atoms with van der Waals surface area (Å²) in [7, 11) is 0. The molecule has 0 radical (unpaired) electrons. The molecule has 4 nitrogen and oxygen atoms in total. The van der Waals surface area contributed by atoms with E-state index in [4.69, 9.17) is 10.2 Å². The van der Waals surface area contributed by atoms with E-state index in [0.717, 1.165) is 0 Å². The quantitative estimate of drug-likeness (QED) is 0.642. The molecule has 0 bridgehead atoms. The Morgan fingerprint density at radius 2 is 1.93 bits per heavy atom. The van der Waals surface area contributed by atoms with Gasteiger partial charge in [0.25, 0.3) is 0 Å². The van der Waals surface area contributed by atoms with E-state index in [9.17, 15) is 9.59 Å². The lowest BCUT2D eigenvalue weighted by atomic mass is 10.0. The predicted molar refractivity (Wildman–Crippen MR) is 52.0 cm³/mol. The molecule has 0 aromatic rings. The maximum Gasteiger partial charge on any atom is 0.330 e. The van der Waals surface area contributed by atoms with Crippen molar-refractivity contribution in [3.63, 3.8) is 0 Å².